The first-order chi connectivity index (χ1) is 8.61. The number of aldehydes is 1. The van der Waals surface area contributed by atoms with Gasteiger partial charge in [0.1, 0.15) is 6.33 Å². The van der Waals surface area contributed by atoms with Crippen LogP contribution in [0, 0.1) is 10.1 Å². The zero-order chi connectivity index (χ0) is 13.1. The van der Waals surface area contributed by atoms with Crippen LogP contribution in [0.3, 0.4) is 0 Å². The molecule has 7 nitrogen and oxygen atoms in total. The van der Waals surface area contributed by atoms with Crippen LogP contribution in [-0.4, -0.2) is 26.0 Å². The first-order valence-electron chi connectivity index (χ1n) is 4.87. The average molecular weight is 264 g/mol. The van der Waals surface area contributed by atoms with Gasteiger partial charge in [0.25, 0.3) is 5.69 Å². The van der Waals surface area contributed by atoms with Crippen molar-refractivity contribution in [2.24, 2.45) is 7.05 Å². The van der Waals surface area contributed by atoms with Crippen molar-refractivity contribution in [2.45, 2.75) is 10.1 Å². The highest BCUT2D eigenvalue weighted by Crippen LogP contribution is 2.29. The van der Waals surface area contributed by atoms with Crippen LogP contribution in [0.25, 0.3) is 0 Å². The second kappa shape index (κ2) is 4.96. The third-order valence-electron chi connectivity index (χ3n) is 2.20. The van der Waals surface area contributed by atoms with E-state index in [-0.39, 0.29) is 11.3 Å². The molecule has 0 aliphatic carbocycles. The van der Waals surface area contributed by atoms with E-state index in [9.17, 15) is 14.9 Å². The molecule has 0 spiro atoms. The number of benzene rings is 1. The van der Waals surface area contributed by atoms with Crippen LogP contribution in [0.5, 0.6) is 0 Å². The first-order valence-corrected chi connectivity index (χ1v) is 5.69. The Morgan fingerprint density at radius 1 is 1.50 bits per heavy atom. The highest BCUT2D eigenvalue weighted by molar-refractivity contribution is 7.99. The molecule has 0 radical (unpaired) electrons. The monoisotopic (exact) mass is 264 g/mol. The van der Waals surface area contributed by atoms with Crippen LogP contribution in [0.4, 0.5) is 5.69 Å². The summed E-state index contributed by atoms with van der Waals surface area (Å²) in [4.78, 5) is 25.6. The fourth-order valence-corrected chi connectivity index (χ4v) is 2.15. The van der Waals surface area contributed by atoms with Gasteiger partial charge in [-0.2, -0.15) is 5.10 Å². The molecule has 0 aliphatic heterocycles. The number of hydrogen-bond donors (Lipinski definition) is 0. The Bertz CT molecular complexity index is 611. The summed E-state index contributed by atoms with van der Waals surface area (Å²) in [6.07, 6.45) is 1.88. The van der Waals surface area contributed by atoms with Gasteiger partial charge >= 0.3 is 0 Å². The van der Waals surface area contributed by atoms with Crippen molar-refractivity contribution in [3.63, 3.8) is 0 Å². The van der Waals surface area contributed by atoms with Crippen LogP contribution in [0.2, 0.25) is 0 Å². The first kappa shape index (κ1) is 12.2. The Hall–Kier alpha value is -2.22. The number of nitro groups is 1. The zero-order valence-corrected chi connectivity index (χ0v) is 10.1. The van der Waals surface area contributed by atoms with Crippen LogP contribution in [0.15, 0.2) is 34.6 Å². The number of aromatic nitrogens is 3. The van der Waals surface area contributed by atoms with Crippen molar-refractivity contribution >= 4 is 23.7 Å². The molecule has 0 saturated carbocycles. The Balaban J connectivity index is 2.33. The van der Waals surface area contributed by atoms with Crippen LogP contribution in [0.1, 0.15) is 10.4 Å². The topological polar surface area (TPSA) is 90.9 Å². The zero-order valence-electron chi connectivity index (χ0n) is 9.31. The molecule has 0 saturated heterocycles. The van der Waals surface area contributed by atoms with E-state index in [2.05, 4.69) is 10.1 Å². The molecule has 0 unspecified atom stereocenters. The van der Waals surface area contributed by atoms with Crippen molar-refractivity contribution in [3.8, 4) is 0 Å². The fraction of sp³-hybridized carbons (Fsp3) is 0.100. The summed E-state index contributed by atoms with van der Waals surface area (Å²) in [5.74, 6) is 0. The lowest BCUT2D eigenvalue weighted by molar-refractivity contribution is -0.385. The number of carbonyl (C=O) groups excluding carboxylic acids is 1. The molecule has 0 atom stereocenters. The predicted octanol–water partition coefficient (Wildman–Crippen LogP) is 1.69. The number of carbonyl (C=O) groups is 1. The van der Waals surface area contributed by atoms with Crippen molar-refractivity contribution in [1.29, 1.82) is 0 Å². The lowest BCUT2D eigenvalue weighted by atomic mass is 10.2. The molecule has 1 aromatic carbocycles. The van der Waals surface area contributed by atoms with Gasteiger partial charge in [0.15, 0.2) is 11.4 Å². The van der Waals surface area contributed by atoms with Gasteiger partial charge in [0.05, 0.1) is 10.5 Å². The summed E-state index contributed by atoms with van der Waals surface area (Å²) in [6, 6.07) is 4.34. The van der Waals surface area contributed by atoms with Crippen LogP contribution >= 0.6 is 11.8 Å². The molecule has 1 aromatic heterocycles. The van der Waals surface area contributed by atoms with E-state index in [4.69, 9.17) is 0 Å². The van der Waals surface area contributed by atoms with E-state index in [1.165, 1.54) is 30.2 Å². The van der Waals surface area contributed by atoms with Gasteiger partial charge in [-0.15, -0.1) is 0 Å². The minimum atomic E-state index is -0.583. The van der Waals surface area contributed by atoms with E-state index < -0.39 is 4.92 Å². The van der Waals surface area contributed by atoms with Crippen molar-refractivity contribution < 1.29 is 9.72 Å². The molecule has 0 bridgehead atoms. The molecule has 0 fully saturated rings. The quantitative estimate of drug-likeness (QED) is 0.474. The molecule has 0 aliphatic rings. The lowest BCUT2D eigenvalue weighted by Gasteiger charge is -2.01. The van der Waals surface area contributed by atoms with Gasteiger partial charge in [0, 0.05) is 18.0 Å². The molecule has 18 heavy (non-hydrogen) atoms. The molecule has 0 N–H and O–H groups in total. The molecular weight excluding hydrogens is 256 g/mol. The van der Waals surface area contributed by atoms with Crippen LogP contribution in [-0.2, 0) is 7.05 Å². The number of hydrogen-bond acceptors (Lipinski definition) is 6. The molecule has 92 valence electrons. The van der Waals surface area contributed by atoms with E-state index >= 15 is 0 Å². The average Bonchev–Trinajstić information content (AvgIpc) is 2.74. The van der Waals surface area contributed by atoms with Crippen LogP contribution < -0.4 is 0 Å². The normalized spacial score (nSPS) is 10.3. The highest BCUT2D eigenvalue weighted by Gasteiger charge is 2.14. The van der Waals surface area contributed by atoms with Gasteiger partial charge in [-0.05, 0) is 12.1 Å². The minimum Gasteiger partial charge on any atom is -0.298 e. The Kier molecular flexibility index (Phi) is 3.38. The van der Waals surface area contributed by atoms with Crippen molar-refractivity contribution in [1.82, 2.24) is 14.8 Å². The summed E-state index contributed by atoms with van der Waals surface area (Å²) in [6.45, 7) is 0. The molecule has 8 heteroatoms. The Morgan fingerprint density at radius 2 is 2.28 bits per heavy atom. The number of rotatable bonds is 4. The van der Waals surface area contributed by atoms with E-state index in [1.54, 1.807) is 17.8 Å². The maximum Gasteiger partial charge on any atom is 0.279 e. The third-order valence-corrected chi connectivity index (χ3v) is 3.24. The summed E-state index contributed by atoms with van der Waals surface area (Å²) < 4.78 is 1.58. The largest absolute Gasteiger partial charge is 0.298 e. The molecule has 1 heterocycles. The van der Waals surface area contributed by atoms with E-state index in [0.29, 0.717) is 16.3 Å². The fourth-order valence-electron chi connectivity index (χ4n) is 1.34. The molecule has 2 rings (SSSR count). The second-order valence-corrected chi connectivity index (χ2v) is 4.40. The van der Waals surface area contributed by atoms with Gasteiger partial charge in [0.2, 0.25) is 0 Å². The SMILES string of the molecule is Cn1ncnc1Sc1ccc([N+](=O)[O-])c(C=O)c1. The summed E-state index contributed by atoms with van der Waals surface area (Å²) in [5.41, 5.74) is -0.153. The number of aryl methyl sites for hydroxylation is 1. The highest BCUT2D eigenvalue weighted by atomic mass is 32.2. The molecular formula is C10H8N4O3S. The van der Waals surface area contributed by atoms with Crippen molar-refractivity contribution in [3.05, 3.63) is 40.2 Å². The Labute approximate surface area is 106 Å². The summed E-state index contributed by atoms with van der Waals surface area (Å²) in [5, 5.41) is 15.2. The summed E-state index contributed by atoms with van der Waals surface area (Å²) >= 11 is 1.28. The smallest absolute Gasteiger partial charge is 0.279 e. The minimum absolute atomic E-state index is 0.0483. The van der Waals surface area contributed by atoms with E-state index in [1.807, 2.05) is 0 Å². The number of nitro benzene ring substituents is 1. The van der Waals surface area contributed by atoms with Gasteiger partial charge < -0.3 is 0 Å². The third kappa shape index (κ3) is 2.38. The van der Waals surface area contributed by atoms with Gasteiger partial charge in [-0.1, -0.05) is 11.8 Å². The maximum atomic E-state index is 10.8. The lowest BCUT2D eigenvalue weighted by Crippen LogP contribution is -1.95. The van der Waals surface area contributed by atoms with Gasteiger partial charge in [-0.3, -0.25) is 14.9 Å². The number of nitrogens with zero attached hydrogens (tertiary/aromatic N) is 4. The molecule has 2 aromatic rings. The van der Waals surface area contributed by atoms with Crippen molar-refractivity contribution in [2.75, 3.05) is 0 Å². The van der Waals surface area contributed by atoms with Gasteiger partial charge in [-0.25, -0.2) is 9.67 Å². The predicted molar refractivity (Wildman–Crippen MR) is 63.6 cm³/mol. The second-order valence-electron chi connectivity index (χ2n) is 3.36. The summed E-state index contributed by atoms with van der Waals surface area (Å²) in [7, 11) is 1.74. The molecule has 0 amide bonds. The van der Waals surface area contributed by atoms with E-state index in [0.717, 1.165) is 0 Å². The standard InChI is InChI=1S/C10H8N4O3S/c1-13-10(11-6-12-13)18-8-2-3-9(14(16)17)7(4-8)5-15/h2-6H,1H3. The maximum absolute atomic E-state index is 10.8. The Morgan fingerprint density at radius 3 is 2.83 bits per heavy atom.